The molecule has 32 heavy (non-hydrogen) atoms. The Kier molecular flexibility index (Phi) is 6.92. The number of nitrogens with zero attached hydrogens (tertiary/aromatic N) is 4. The van der Waals surface area contributed by atoms with Gasteiger partial charge in [-0.3, -0.25) is 14.6 Å². The van der Waals surface area contributed by atoms with Crippen LogP contribution in [0.3, 0.4) is 0 Å². The third kappa shape index (κ3) is 5.03. The normalized spacial score (nSPS) is 17.1. The number of methoxy groups -OCH3 is 1. The van der Waals surface area contributed by atoms with E-state index in [-0.39, 0.29) is 6.10 Å². The molecular formula is C26H34N4O2. The number of aryl methyl sites for hydroxylation is 1. The van der Waals surface area contributed by atoms with Crippen LogP contribution in [0.1, 0.15) is 59.9 Å². The first-order valence-corrected chi connectivity index (χ1v) is 11.4. The molecule has 170 valence electrons. The minimum atomic E-state index is -0.0187. The van der Waals surface area contributed by atoms with Gasteiger partial charge in [0, 0.05) is 49.0 Å². The van der Waals surface area contributed by atoms with Gasteiger partial charge < -0.3 is 9.47 Å². The predicted molar refractivity (Wildman–Crippen MR) is 126 cm³/mol. The smallest absolute Gasteiger partial charge is 0.119 e. The molecule has 1 aliphatic heterocycles. The summed E-state index contributed by atoms with van der Waals surface area (Å²) in [4.78, 5) is 7.41. The number of rotatable bonds is 7. The Morgan fingerprint density at radius 2 is 1.97 bits per heavy atom. The number of benzene rings is 1. The van der Waals surface area contributed by atoms with E-state index in [9.17, 15) is 0 Å². The van der Waals surface area contributed by atoms with Gasteiger partial charge in [0.25, 0.3) is 0 Å². The number of aromatic nitrogens is 3. The lowest BCUT2D eigenvalue weighted by Gasteiger charge is -2.33. The quantitative estimate of drug-likeness (QED) is 0.542. The Labute approximate surface area is 191 Å². The first kappa shape index (κ1) is 22.5. The summed E-state index contributed by atoms with van der Waals surface area (Å²) in [5, 5.41) is 4.75. The molecule has 6 nitrogen and oxygen atoms in total. The molecular weight excluding hydrogens is 400 g/mol. The zero-order valence-corrected chi connectivity index (χ0v) is 19.8. The molecule has 0 radical (unpaired) electrons. The standard InChI is InChI=1S/C26H34N4O2/c1-18(2)30-20(4)24(19(3)28-30)16-29-12-13-32-26(17-29)25-11-7-9-22(27-25)14-21-8-6-10-23(15-21)31-5/h6-11,15,18,26H,12-14,16-17H2,1-5H3/t26-/m1/s1. The predicted octanol–water partition coefficient (Wildman–Crippen LogP) is 4.65. The average molecular weight is 435 g/mol. The fraction of sp³-hybridized carbons (Fsp3) is 0.462. The van der Waals surface area contributed by atoms with Crippen molar-refractivity contribution in [2.75, 3.05) is 26.8 Å². The molecule has 2 aromatic heterocycles. The lowest BCUT2D eigenvalue weighted by molar-refractivity contribution is -0.0351. The monoisotopic (exact) mass is 434 g/mol. The number of hydrogen-bond donors (Lipinski definition) is 0. The lowest BCUT2D eigenvalue weighted by atomic mass is 10.1. The molecule has 1 aliphatic rings. The lowest BCUT2D eigenvalue weighted by Crippen LogP contribution is -2.38. The summed E-state index contributed by atoms with van der Waals surface area (Å²) < 4.78 is 13.6. The first-order valence-electron chi connectivity index (χ1n) is 11.4. The maximum Gasteiger partial charge on any atom is 0.119 e. The summed E-state index contributed by atoms with van der Waals surface area (Å²) in [6.07, 6.45) is 0.753. The van der Waals surface area contributed by atoms with Gasteiger partial charge in [-0.15, -0.1) is 0 Å². The van der Waals surface area contributed by atoms with Gasteiger partial charge in [-0.1, -0.05) is 18.2 Å². The largest absolute Gasteiger partial charge is 0.497 e. The fourth-order valence-corrected chi connectivity index (χ4v) is 4.44. The van der Waals surface area contributed by atoms with Gasteiger partial charge >= 0.3 is 0 Å². The van der Waals surface area contributed by atoms with Crippen LogP contribution in [0.5, 0.6) is 5.75 Å². The summed E-state index contributed by atoms with van der Waals surface area (Å²) in [7, 11) is 1.70. The van der Waals surface area contributed by atoms with E-state index in [4.69, 9.17) is 19.6 Å². The van der Waals surface area contributed by atoms with E-state index in [2.05, 4.69) is 67.6 Å². The maximum absolute atomic E-state index is 6.13. The Morgan fingerprint density at radius 1 is 1.16 bits per heavy atom. The highest BCUT2D eigenvalue weighted by Gasteiger charge is 2.25. The van der Waals surface area contributed by atoms with Crippen molar-refractivity contribution in [1.29, 1.82) is 0 Å². The molecule has 1 atom stereocenters. The maximum atomic E-state index is 6.13. The average Bonchev–Trinajstić information content (AvgIpc) is 3.08. The second-order valence-corrected chi connectivity index (χ2v) is 8.86. The summed E-state index contributed by atoms with van der Waals surface area (Å²) in [6.45, 7) is 12.0. The number of pyridine rings is 1. The SMILES string of the molecule is COc1cccc(Cc2cccc([C@H]3CN(Cc4c(C)nn(C(C)C)c4C)CCO3)n2)c1. The van der Waals surface area contributed by atoms with E-state index < -0.39 is 0 Å². The molecule has 0 aliphatic carbocycles. The van der Waals surface area contributed by atoms with E-state index in [1.807, 2.05) is 12.1 Å². The van der Waals surface area contributed by atoms with Crippen molar-refractivity contribution in [2.24, 2.45) is 0 Å². The van der Waals surface area contributed by atoms with Gasteiger partial charge in [-0.05, 0) is 57.5 Å². The van der Waals surface area contributed by atoms with Gasteiger partial charge in [0.05, 0.1) is 25.1 Å². The second kappa shape index (κ2) is 9.84. The Hall–Kier alpha value is -2.70. The molecule has 0 bridgehead atoms. The van der Waals surface area contributed by atoms with Crippen LogP contribution in [0, 0.1) is 13.8 Å². The van der Waals surface area contributed by atoms with E-state index >= 15 is 0 Å². The molecule has 0 spiro atoms. The van der Waals surface area contributed by atoms with Crippen LogP contribution in [-0.4, -0.2) is 46.5 Å². The highest BCUT2D eigenvalue weighted by molar-refractivity contribution is 5.31. The van der Waals surface area contributed by atoms with Crippen LogP contribution in [-0.2, 0) is 17.7 Å². The van der Waals surface area contributed by atoms with Gasteiger partial charge in [-0.25, -0.2) is 0 Å². The van der Waals surface area contributed by atoms with Crippen molar-refractivity contribution in [1.82, 2.24) is 19.7 Å². The summed E-state index contributed by atoms with van der Waals surface area (Å²) in [5.41, 5.74) is 6.95. The summed E-state index contributed by atoms with van der Waals surface area (Å²) >= 11 is 0. The Morgan fingerprint density at radius 3 is 2.72 bits per heavy atom. The minimum absolute atomic E-state index is 0.0187. The number of ether oxygens (including phenoxy) is 2. The minimum Gasteiger partial charge on any atom is -0.497 e. The Balaban J connectivity index is 1.46. The third-order valence-corrected chi connectivity index (χ3v) is 6.17. The molecule has 0 saturated carbocycles. The molecule has 4 rings (SSSR count). The number of hydrogen-bond acceptors (Lipinski definition) is 5. The van der Waals surface area contributed by atoms with Gasteiger partial charge in [-0.2, -0.15) is 5.10 Å². The van der Waals surface area contributed by atoms with Crippen LogP contribution in [0.25, 0.3) is 0 Å². The van der Waals surface area contributed by atoms with E-state index in [1.54, 1.807) is 7.11 Å². The zero-order valence-electron chi connectivity index (χ0n) is 19.8. The fourth-order valence-electron chi connectivity index (χ4n) is 4.44. The van der Waals surface area contributed by atoms with E-state index in [0.717, 1.165) is 48.9 Å². The van der Waals surface area contributed by atoms with Crippen LogP contribution in [0.4, 0.5) is 0 Å². The van der Waals surface area contributed by atoms with Crippen LogP contribution in [0.15, 0.2) is 42.5 Å². The van der Waals surface area contributed by atoms with Crippen molar-refractivity contribution in [3.05, 3.63) is 76.4 Å². The Bertz CT molecular complexity index is 1060. The summed E-state index contributed by atoms with van der Waals surface area (Å²) in [5.74, 6) is 0.872. The zero-order chi connectivity index (χ0) is 22.7. The summed E-state index contributed by atoms with van der Waals surface area (Å²) in [6, 6.07) is 14.8. The van der Waals surface area contributed by atoms with Crippen molar-refractivity contribution < 1.29 is 9.47 Å². The highest BCUT2D eigenvalue weighted by atomic mass is 16.5. The molecule has 0 unspecified atom stereocenters. The highest BCUT2D eigenvalue weighted by Crippen LogP contribution is 2.25. The van der Waals surface area contributed by atoms with Crippen molar-refractivity contribution in [3.63, 3.8) is 0 Å². The molecule has 3 heterocycles. The van der Waals surface area contributed by atoms with Crippen molar-refractivity contribution in [2.45, 2.75) is 52.8 Å². The molecule has 0 amide bonds. The van der Waals surface area contributed by atoms with Crippen molar-refractivity contribution >= 4 is 0 Å². The van der Waals surface area contributed by atoms with Gasteiger partial charge in [0.15, 0.2) is 0 Å². The van der Waals surface area contributed by atoms with E-state index in [1.165, 1.54) is 16.8 Å². The second-order valence-electron chi connectivity index (χ2n) is 8.86. The van der Waals surface area contributed by atoms with Gasteiger partial charge in [0.1, 0.15) is 11.9 Å². The molecule has 1 aromatic carbocycles. The van der Waals surface area contributed by atoms with Gasteiger partial charge in [0.2, 0.25) is 0 Å². The molecule has 0 N–H and O–H groups in total. The first-order chi connectivity index (χ1) is 15.4. The van der Waals surface area contributed by atoms with Crippen LogP contribution in [0.2, 0.25) is 0 Å². The van der Waals surface area contributed by atoms with E-state index in [0.29, 0.717) is 12.6 Å². The third-order valence-electron chi connectivity index (χ3n) is 6.17. The molecule has 3 aromatic rings. The van der Waals surface area contributed by atoms with Crippen LogP contribution >= 0.6 is 0 Å². The molecule has 6 heteroatoms. The van der Waals surface area contributed by atoms with Crippen LogP contribution < -0.4 is 4.74 Å². The molecule has 1 fully saturated rings. The molecule has 1 saturated heterocycles. The topological polar surface area (TPSA) is 52.4 Å². The number of morpholine rings is 1. The van der Waals surface area contributed by atoms with Crippen molar-refractivity contribution in [3.8, 4) is 5.75 Å².